The minimum Gasteiger partial charge on any atom is -0.461 e. The Labute approximate surface area is 163 Å². The molecule has 1 heterocycles. The number of ether oxygens (including phenoxy) is 1. The molecule has 0 unspecified atom stereocenters. The largest absolute Gasteiger partial charge is 0.461 e. The van der Waals surface area contributed by atoms with E-state index in [2.05, 4.69) is 10.1 Å². The van der Waals surface area contributed by atoms with Crippen LogP contribution < -0.4 is 0 Å². The van der Waals surface area contributed by atoms with Crippen molar-refractivity contribution in [2.75, 3.05) is 0 Å². The van der Waals surface area contributed by atoms with Gasteiger partial charge in [-0.25, -0.2) is 0 Å². The van der Waals surface area contributed by atoms with Gasteiger partial charge in [-0.05, 0) is 30.3 Å². The lowest BCUT2D eigenvalue weighted by atomic mass is 10.1. The van der Waals surface area contributed by atoms with Gasteiger partial charge in [-0.2, -0.15) is 18.2 Å². The third-order valence-electron chi connectivity index (χ3n) is 3.82. The number of benzene rings is 2. The van der Waals surface area contributed by atoms with Crippen LogP contribution in [0.15, 0.2) is 53.1 Å². The molecular weight excluding hydrogens is 397 g/mol. The number of hydrogen-bond donors (Lipinski definition) is 0. The average molecular weight is 411 g/mol. The maximum Gasteiger partial charge on any atom is 0.416 e. The summed E-state index contributed by atoms with van der Waals surface area (Å²) >= 11 is 5.82. The molecule has 0 spiro atoms. The lowest BCUT2D eigenvalue weighted by Crippen LogP contribution is -2.12. The number of aromatic nitrogens is 2. The molecule has 0 radical (unpaired) electrons. The molecule has 1 aromatic heterocycles. The second-order valence-electron chi connectivity index (χ2n) is 5.83. The van der Waals surface area contributed by atoms with Crippen molar-refractivity contribution >= 4 is 17.6 Å². The lowest BCUT2D eigenvalue weighted by Gasteiger charge is -2.12. The van der Waals surface area contributed by atoms with E-state index in [9.17, 15) is 18.0 Å². The van der Waals surface area contributed by atoms with Crippen molar-refractivity contribution in [2.45, 2.75) is 25.6 Å². The van der Waals surface area contributed by atoms with E-state index < -0.39 is 24.3 Å². The summed E-state index contributed by atoms with van der Waals surface area (Å²) in [5, 5.41) is 4.39. The van der Waals surface area contributed by atoms with E-state index in [1.54, 1.807) is 24.3 Å². The Balaban J connectivity index is 1.54. The van der Waals surface area contributed by atoms with Gasteiger partial charge in [0.1, 0.15) is 6.61 Å². The number of rotatable bonds is 6. The summed E-state index contributed by atoms with van der Waals surface area (Å²) in [6, 6.07) is 11.8. The molecule has 0 aliphatic heterocycles. The van der Waals surface area contributed by atoms with Crippen molar-refractivity contribution in [1.82, 2.24) is 10.1 Å². The van der Waals surface area contributed by atoms with Gasteiger partial charge in [0.05, 0.1) is 12.0 Å². The molecule has 0 bridgehead atoms. The van der Waals surface area contributed by atoms with Crippen LogP contribution in [0.1, 0.15) is 23.4 Å². The number of halogens is 4. The third kappa shape index (κ3) is 5.10. The van der Waals surface area contributed by atoms with Gasteiger partial charge in [0.2, 0.25) is 11.7 Å². The van der Waals surface area contributed by atoms with Crippen molar-refractivity contribution in [3.05, 3.63) is 70.6 Å². The van der Waals surface area contributed by atoms with Crippen LogP contribution in [0.3, 0.4) is 0 Å². The van der Waals surface area contributed by atoms with Crippen molar-refractivity contribution < 1.29 is 27.2 Å². The van der Waals surface area contributed by atoms with Crippen LogP contribution in [0, 0.1) is 0 Å². The Morgan fingerprint density at radius 1 is 1.11 bits per heavy atom. The average Bonchev–Trinajstić information content (AvgIpc) is 3.14. The zero-order valence-corrected chi connectivity index (χ0v) is 15.1. The Hall–Kier alpha value is -2.87. The van der Waals surface area contributed by atoms with E-state index in [0.717, 1.165) is 6.07 Å². The number of aryl methyl sites for hydroxylation is 1. The smallest absolute Gasteiger partial charge is 0.416 e. The zero-order valence-electron chi connectivity index (χ0n) is 14.4. The van der Waals surface area contributed by atoms with Gasteiger partial charge in [-0.15, -0.1) is 0 Å². The van der Waals surface area contributed by atoms with Gasteiger partial charge >= 0.3 is 12.1 Å². The first-order chi connectivity index (χ1) is 13.3. The van der Waals surface area contributed by atoms with E-state index in [1.165, 1.54) is 18.2 Å². The molecule has 146 valence electrons. The normalized spacial score (nSPS) is 11.4. The van der Waals surface area contributed by atoms with Gasteiger partial charge in [0.15, 0.2) is 0 Å². The second kappa shape index (κ2) is 8.43. The summed E-state index contributed by atoms with van der Waals surface area (Å²) in [5.74, 6) is -0.0973. The van der Waals surface area contributed by atoms with E-state index in [-0.39, 0.29) is 24.3 Å². The maximum atomic E-state index is 12.9. The monoisotopic (exact) mass is 410 g/mol. The topological polar surface area (TPSA) is 65.2 Å². The molecule has 0 saturated carbocycles. The zero-order chi connectivity index (χ0) is 20.1. The molecule has 9 heteroatoms. The van der Waals surface area contributed by atoms with Crippen molar-refractivity contribution in [1.29, 1.82) is 0 Å². The number of carbonyl (C=O) groups excluding carboxylic acids is 1. The van der Waals surface area contributed by atoms with E-state index in [4.69, 9.17) is 20.9 Å². The minimum absolute atomic E-state index is 0.101. The molecule has 0 atom stereocenters. The van der Waals surface area contributed by atoms with Gasteiger partial charge in [-0.1, -0.05) is 35.0 Å². The molecule has 0 aliphatic rings. The highest BCUT2D eigenvalue weighted by Gasteiger charge is 2.33. The Morgan fingerprint density at radius 2 is 1.82 bits per heavy atom. The summed E-state index contributed by atoms with van der Waals surface area (Å²) < 4.78 is 48.8. The van der Waals surface area contributed by atoms with Crippen LogP contribution in [-0.2, 0) is 28.7 Å². The van der Waals surface area contributed by atoms with Crippen molar-refractivity contribution in [3.8, 4) is 11.4 Å². The fraction of sp³-hybridized carbons (Fsp3) is 0.211. The van der Waals surface area contributed by atoms with E-state index in [0.29, 0.717) is 16.4 Å². The Morgan fingerprint density at radius 3 is 2.54 bits per heavy atom. The fourth-order valence-electron chi connectivity index (χ4n) is 2.43. The first kappa shape index (κ1) is 19.9. The van der Waals surface area contributed by atoms with Crippen molar-refractivity contribution in [2.24, 2.45) is 0 Å². The quantitative estimate of drug-likeness (QED) is 0.530. The number of alkyl halides is 3. The van der Waals surface area contributed by atoms with Crippen LogP contribution >= 0.6 is 11.6 Å². The Bertz CT molecular complexity index is 956. The predicted octanol–water partition coefficient (Wildman–Crippen LogP) is 5.08. The van der Waals surface area contributed by atoms with Crippen LogP contribution in [0.25, 0.3) is 11.4 Å². The number of nitrogens with zero attached hydrogens (tertiary/aromatic N) is 2. The summed E-state index contributed by atoms with van der Waals surface area (Å²) in [4.78, 5) is 16.0. The molecule has 0 amide bonds. The highest BCUT2D eigenvalue weighted by Crippen LogP contribution is 2.32. The van der Waals surface area contributed by atoms with Crippen LogP contribution in [0.4, 0.5) is 13.2 Å². The van der Waals surface area contributed by atoms with E-state index in [1.807, 2.05) is 0 Å². The number of hydrogen-bond acceptors (Lipinski definition) is 5. The van der Waals surface area contributed by atoms with Crippen LogP contribution in [0.2, 0.25) is 5.02 Å². The Kier molecular flexibility index (Phi) is 5.99. The first-order valence-corrected chi connectivity index (χ1v) is 8.60. The maximum absolute atomic E-state index is 12.9. The van der Waals surface area contributed by atoms with Crippen molar-refractivity contribution in [3.63, 3.8) is 0 Å². The summed E-state index contributed by atoms with van der Waals surface area (Å²) in [5.41, 5.74) is -0.232. The molecule has 0 saturated heterocycles. The number of esters is 1. The SMILES string of the molecule is O=C(CCc1nc(-c2ccc(Cl)cc2)no1)OCc1ccccc1C(F)(F)F. The van der Waals surface area contributed by atoms with Gasteiger partial charge in [0.25, 0.3) is 0 Å². The molecule has 0 aliphatic carbocycles. The molecule has 0 N–H and O–H groups in total. The summed E-state index contributed by atoms with van der Waals surface area (Å²) in [6.07, 6.45) is -4.50. The molecule has 3 aromatic rings. The molecular formula is C19H14ClF3N2O3. The summed E-state index contributed by atoms with van der Waals surface area (Å²) in [7, 11) is 0. The predicted molar refractivity (Wildman–Crippen MR) is 94.3 cm³/mol. The first-order valence-electron chi connectivity index (χ1n) is 8.22. The van der Waals surface area contributed by atoms with Crippen LogP contribution in [-0.4, -0.2) is 16.1 Å². The highest BCUT2D eigenvalue weighted by molar-refractivity contribution is 6.30. The lowest BCUT2D eigenvalue weighted by molar-refractivity contribution is -0.147. The highest BCUT2D eigenvalue weighted by atomic mass is 35.5. The molecule has 28 heavy (non-hydrogen) atoms. The third-order valence-corrected chi connectivity index (χ3v) is 4.08. The van der Waals surface area contributed by atoms with Gasteiger partial charge in [0, 0.05) is 22.6 Å². The fourth-order valence-corrected chi connectivity index (χ4v) is 2.56. The minimum atomic E-state index is -4.51. The molecule has 0 fully saturated rings. The number of carbonyl (C=O) groups is 1. The van der Waals surface area contributed by atoms with Gasteiger partial charge < -0.3 is 9.26 Å². The summed E-state index contributed by atoms with van der Waals surface area (Å²) in [6.45, 7) is -0.464. The standard InChI is InChI=1S/C19H14ClF3N2O3/c20-14-7-5-12(6-8-14)18-24-16(28-25-18)9-10-17(26)27-11-13-3-1-2-4-15(13)19(21,22)23/h1-8H,9-11H2. The van der Waals surface area contributed by atoms with Gasteiger partial charge in [-0.3, -0.25) is 4.79 Å². The van der Waals surface area contributed by atoms with E-state index >= 15 is 0 Å². The van der Waals surface area contributed by atoms with Crippen LogP contribution in [0.5, 0.6) is 0 Å². The molecule has 2 aromatic carbocycles. The molecule has 3 rings (SSSR count). The molecule has 5 nitrogen and oxygen atoms in total. The second-order valence-corrected chi connectivity index (χ2v) is 6.27.